The lowest BCUT2D eigenvalue weighted by atomic mass is 10.0. The van der Waals surface area contributed by atoms with Gasteiger partial charge in [0.2, 0.25) is 0 Å². The van der Waals surface area contributed by atoms with Crippen LogP contribution in [0.3, 0.4) is 0 Å². The lowest BCUT2D eigenvalue weighted by Gasteiger charge is -2.38. The predicted molar refractivity (Wildman–Crippen MR) is 53.7 cm³/mol. The van der Waals surface area contributed by atoms with E-state index in [1.54, 1.807) is 0 Å². The second-order valence-corrected chi connectivity index (χ2v) is 3.58. The number of rotatable bonds is 3. The van der Waals surface area contributed by atoms with E-state index >= 15 is 0 Å². The van der Waals surface area contributed by atoms with E-state index in [0.29, 0.717) is 18.9 Å². The van der Waals surface area contributed by atoms with E-state index in [2.05, 4.69) is 4.98 Å². The average Bonchev–Trinajstić information content (AvgIpc) is 2.16. The van der Waals surface area contributed by atoms with Crippen molar-refractivity contribution in [3.8, 4) is 0 Å². The first-order valence-corrected chi connectivity index (χ1v) is 4.67. The molecule has 1 N–H and O–H groups in total. The smallest absolute Gasteiger partial charge is 0.274 e. The molecular weight excluding hydrogens is 198 g/mol. The third kappa shape index (κ3) is 1.89. The molecule has 0 unspecified atom stereocenters. The number of nitro groups is 1. The van der Waals surface area contributed by atoms with Crippen LogP contribution in [0, 0.1) is 16.0 Å². The lowest BCUT2D eigenvalue weighted by molar-refractivity contribution is -0.384. The Morgan fingerprint density at radius 1 is 1.67 bits per heavy atom. The van der Waals surface area contributed by atoms with Crippen molar-refractivity contribution in [1.82, 2.24) is 4.98 Å². The number of aliphatic hydroxyl groups is 1. The van der Waals surface area contributed by atoms with Gasteiger partial charge in [-0.3, -0.25) is 10.1 Å². The molecule has 6 heteroatoms. The van der Waals surface area contributed by atoms with Gasteiger partial charge in [0.15, 0.2) is 0 Å². The van der Waals surface area contributed by atoms with Crippen LogP contribution in [0.4, 0.5) is 11.5 Å². The molecular formula is C9H11N3O3. The Kier molecular flexibility index (Phi) is 2.51. The van der Waals surface area contributed by atoms with E-state index in [9.17, 15) is 10.1 Å². The third-order valence-corrected chi connectivity index (χ3v) is 2.48. The standard InChI is InChI=1S/C9H11N3O3/c13-6-7-4-11(5-7)9-3-8(12(14)15)1-2-10-9/h1-3,7,13H,4-6H2. The van der Waals surface area contributed by atoms with Gasteiger partial charge in [-0.2, -0.15) is 0 Å². The van der Waals surface area contributed by atoms with Crippen molar-refractivity contribution in [3.05, 3.63) is 28.4 Å². The first kappa shape index (κ1) is 9.85. The maximum absolute atomic E-state index is 10.5. The lowest BCUT2D eigenvalue weighted by Crippen LogP contribution is -2.48. The minimum Gasteiger partial charge on any atom is -0.396 e. The zero-order valence-electron chi connectivity index (χ0n) is 8.04. The number of anilines is 1. The van der Waals surface area contributed by atoms with Crippen LogP contribution in [0.1, 0.15) is 0 Å². The molecule has 1 aliphatic heterocycles. The average molecular weight is 209 g/mol. The van der Waals surface area contributed by atoms with E-state index in [0.717, 1.165) is 0 Å². The van der Waals surface area contributed by atoms with Crippen molar-refractivity contribution in [1.29, 1.82) is 0 Å². The van der Waals surface area contributed by atoms with Gasteiger partial charge in [0, 0.05) is 37.9 Å². The first-order valence-electron chi connectivity index (χ1n) is 4.67. The van der Waals surface area contributed by atoms with Crippen LogP contribution in [-0.2, 0) is 0 Å². The van der Waals surface area contributed by atoms with Crippen molar-refractivity contribution >= 4 is 11.5 Å². The molecule has 0 amide bonds. The van der Waals surface area contributed by atoms with Crippen molar-refractivity contribution in [3.63, 3.8) is 0 Å². The molecule has 0 radical (unpaired) electrons. The second-order valence-electron chi connectivity index (χ2n) is 3.58. The summed E-state index contributed by atoms with van der Waals surface area (Å²) in [5.74, 6) is 0.875. The quantitative estimate of drug-likeness (QED) is 0.576. The van der Waals surface area contributed by atoms with E-state index < -0.39 is 4.92 Å². The van der Waals surface area contributed by atoms with Gasteiger partial charge in [0.05, 0.1) is 11.0 Å². The van der Waals surface area contributed by atoms with Crippen LogP contribution in [0.25, 0.3) is 0 Å². The van der Waals surface area contributed by atoms with Crippen molar-refractivity contribution in [2.45, 2.75) is 0 Å². The fourth-order valence-electron chi connectivity index (χ4n) is 1.57. The Morgan fingerprint density at radius 3 is 3.00 bits per heavy atom. The number of aliphatic hydroxyl groups excluding tert-OH is 1. The van der Waals surface area contributed by atoms with Crippen LogP contribution in [0.5, 0.6) is 0 Å². The van der Waals surface area contributed by atoms with Gasteiger partial charge in [0.1, 0.15) is 5.82 Å². The Hall–Kier alpha value is -1.69. The fraction of sp³-hybridized carbons (Fsp3) is 0.444. The van der Waals surface area contributed by atoms with Gasteiger partial charge in [0.25, 0.3) is 5.69 Å². The largest absolute Gasteiger partial charge is 0.396 e. The molecule has 15 heavy (non-hydrogen) atoms. The highest BCUT2D eigenvalue weighted by Crippen LogP contribution is 2.24. The summed E-state index contributed by atoms with van der Waals surface area (Å²) < 4.78 is 0. The van der Waals surface area contributed by atoms with Crippen molar-refractivity contribution in [2.75, 3.05) is 24.6 Å². The summed E-state index contributed by atoms with van der Waals surface area (Å²) in [6.45, 7) is 1.58. The SMILES string of the molecule is O=[N+]([O-])c1ccnc(N2CC(CO)C2)c1. The van der Waals surface area contributed by atoms with Gasteiger partial charge in [-0.15, -0.1) is 0 Å². The zero-order valence-corrected chi connectivity index (χ0v) is 8.04. The molecule has 0 spiro atoms. The highest BCUT2D eigenvalue weighted by Gasteiger charge is 2.27. The molecule has 1 aromatic rings. The summed E-state index contributed by atoms with van der Waals surface area (Å²) in [6.07, 6.45) is 1.43. The molecule has 0 bridgehead atoms. The van der Waals surface area contributed by atoms with Crippen LogP contribution in [0.2, 0.25) is 0 Å². The Bertz CT molecular complexity index is 377. The Morgan fingerprint density at radius 2 is 2.40 bits per heavy atom. The minimum atomic E-state index is -0.436. The van der Waals surface area contributed by atoms with Gasteiger partial charge in [-0.1, -0.05) is 0 Å². The third-order valence-electron chi connectivity index (χ3n) is 2.48. The van der Waals surface area contributed by atoms with Crippen molar-refractivity contribution < 1.29 is 10.0 Å². The van der Waals surface area contributed by atoms with E-state index in [1.165, 1.54) is 18.3 Å². The first-order chi connectivity index (χ1) is 7.20. The fourth-order valence-corrected chi connectivity index (χ4v) is 1.57. The molecule has 0 saturated carbocycles. The summed E-state index contributed by atoms with van der Waals surface area (Å²) in [4.78, 5) is 16.0. The summed E-state index contributed by atoms with van der Waals surface area (Å²) in [5.41, 5.74) is 0.0486. The van der Waals surface area contributed by atoms with Gasteiger partial charge in [-0.25, -0.2) is 4.98 Å². The molecule has 1 aromatic heterocycles. The molecule has 1 saturated heterocycles. The number of hydrogen-bond acceptors (Lipinski definition) is 5. The van der Waals surface area contributed by atoms with Gasteiger partial charge < -0.3 is 10.0 Å². The molecule has 1 fully saturated rings. The highest BCUT2D eigenvalue weighted by molar-refractivity contribution is 5.48. The van der Waals surface area contributed by atoms with Gasteiger partial charge in [-0.05, 0) is 0 Å². The Balaban J connectivity index is 2.10. The van der Waals surface area contributed by atoms with E-state index in [4.69, 9.17) is 5.11 Å². The molecule has 0 aliphatic carbocycles. The monoisotopic (exact) mass is 209 g/mol. The van der Waals surface area contributed by atoms with Crippen LogP contribution >= 0.6 is 0 Å². The summed E-state index contributed by atoms with van der Waals surface area (Å²) in [7, 11) is 0. The van der Waals surface area contributed by atoms with Crippen LogP contribution in [0.15, 0.2) is 18.3 Å². The normalized spacial score (nSPS) is 16.2. The molecule has 2 heterocycles. The molecule has 0 atom stereocenters. The molecule has 0 aromatic carbocycles. The highest BCUT2D eigenvalue weighted by atomic mass is 16.6. The minimum absolute atomic E-state index is 0.0486. The van der Waals surface area contributed by atoms with Crippen LogP contribution < -0.4 is 4.90 Å². The molecule has 80 valence electrons. The number of nitrogens with zero attached hydrogens (tertiary/aromatic N) is 3. The molecule has 6 nitrogen and oxygen atoms in total. The predicted octanol–water partition coefficient (Wildman–Crippen LogP) is 0.418. The topological polar surface area (TPSA) is 79.5 Å². The number of aromatic nitrogens is 1. The maximum atomic E-state index is 10.5. The summed E-state index contributed by atoms with van der Waals surface area (Å²) in [5, 5.41) is 19.4. The summed E-state index contributed by atoms with van der Waals surface area (Å²) in [6, 6.07) is 2.82. The summed E-state index contributed by atoms with van der Waals surface area (Å²) >= 11 is 0. The molecule has 2 rings (SSSR count). The Labute approximate surface area is 86.3 Å². The van der Waals surface area contributed by atoms with E-state index in [-0.39, 0.29) is 18.2 Å². The number of hydrogen-bond donors (Lipinski definition) is 1. The second kappa shape index (κ2) is 3.82. The van der Waals surface area contributed by atoms with Crippen molar-refractivity contribution in [2.24, 2.45) is 5.92 Å². The zero-order chi connectivity index (χ0) is 10.8. The van der Waals surface area contributed by atoms with Gasteiger partial charge >= 0.3 is 0 Å². The van der Waals surface area contributed by atoms with Crippen LogP contribution in [-0.4, -0.2) is 34.7 Å². The number of pyridine rings is 1. The molecule has 1 aliphatic rings. The maximum Gasteiger partial charge on any atom is 0.274 e. The van der Waals surface area contributed by atoms with E-state index in [1.807, 2.05) is 4.90 Å².